The third-order valence-electron chi connectivity index (χ3n) is 5.46. The van der Waals surface area contributed by atoms with E-state index in [-0.39, 0.29) is 22.1 Å². The Morgan fingerprint density at radius 1 is 1.09 bits per heavy atom. The van der Waals surface area contributed by atoms with Gasteiger partial charge < -0.3 is 16.8 Å². The number of hydrogen-bond donors (Lipinski definition) is 3. The Labute approximate surface area is 206 Å². The van der Waals surface area contributed by atoms with E-state index in [0.29, 0.717) is 16.8 Å². The van der Waals surface area contributed by atoms with Crippen LogP contribution in [0.3, 0.4) is 0 Å². The van der Waals surface area contributed by atoms with Crippen LogP contribution in [0.5, 0.6) is 0 Å². The molecule has 35 heavy (non-hydrogen) atoms. The fourth-order valence-corrected chi connectivity index (χ4v) is 4.38. The van der Waals surface area contributed by atoms with E-state index in [4.69, 9.17) is 11.5 Å². The maximum atomic E-state index is 12.9. The van der Waals surface area contributed by atoms with E-state index in [0.717, 1.165) is 25.1 Å². The minimum Gasteiger partial charge on any atom is -0.398 e. The maximum Gasteiger partial charge on any atom is 0.210 e. The molecule has 3 rings (SSSR count). The second-order valence-electron chi connectivity index (χ2n) is 8.44. The standard InChI is InChI=1S/C26H31N5O3S/c1-4-13-29-15-18-5-7-19(8-6-18)22(27)14-24(32)25-26(28)30-16-23(31-25)20-9-11-21(12-10-20)35(33,34)17(2)3/h5-12,14,16-17,29H,4,13,15,27H2,1-3H3,(H2,28,30). The monoisotopic (exact) mass is 493 g/mol. The minimum absolute atomic E-state index is 0.0147. The summed E-state index contributed by atoms with van der Waals surface area (Å²) >= 11 is 0. The fourth-order valence-electron chi connectivity index (χ4n) is 3.32. The summed E-state index contributed by atoms with van der Waals surface area (Å²) in [6.45, 7) is 7.08. The highest BCUT2D eigenvalue weighted by Crippen LogP contribution is 2.23. The zero-order valence-electron chi connectivity index (χ0n) is 20.2. The van der Waals surface area contributed by atoms with Crippen molar-refractivity contribution in [2.45, 2.75) is 43.9 Å². The molecule has 1 aromatic heterocycles. The van der Waals surface area contributed by atoms with Crippen molar-refractivity contribution < 1.29 is 13.2 Å². The number of sulfone groups is 1. The molecule has 0 saturated heterocycles. The molecule has 0 aliphatic rings. The lowest BCUT2D eigenvalue weighted by molar-refractivity contribution is 0.104. The normalized spacial score (nSPS) is 12.2. The number of nitrogen functional groups attached to an aromatic ring is 1. The van der Waals surface area contributed by atoms with Crippen molar-refractivity contribution in [1.29, 1.82) is 0 Å². The molecular formula is C26H31N5O3S. The molecule has 0 amide bonds. The van der Waals surface area contributed by atoms with Crippen LogP contribution >= 0.6 is 0 Å². The molecule has 2 aromatic carbocycles. The average molecular weight is 494 g/mol. The van der Waals surface area contributed by atoms with Crippen LogP contribution in [-0.4, -0.2) is 36.0 Å². The number of nitrogens with one attached hydrogen (secondary N) is 1. The van der Waals surface area contributed by atoms with Gasteiger partial charge in [0.1, 0.15) is 0 Å². The van der Waals surface area contributed by atoms with Crippen LogP contribution in [-0.2, 0) is 16.4 Å². The Morgan fingerprint density at radius 3 is 2.34 bits per heavy atom. The van der Waals surface area contributed by atoms with Crippen molar-refractivity contribution in [3.63, 3.8) is 0 Å². The van der Waals surface area contributed by atoms with E-state index in [1.807, 2.05) is 24.3 Å². The summed E-state index contributed by atoms with van der Waals surface area (Å²) in [4.78, 5) is 21.6. The SMILES string of the molecule is CCCNCc1ccc(C(N)=CC(=O)c2nc(-c3ccc(S(=O)(=O)C(C)C)cc3)cnc2N)cc1. The van der Waals surface area contributed by atoms with Gasteiger partial charge in [0.2, 0.25) is 5.78 Å². The maximum absolute atomic E-state index is 12.9. The van der Waals surface area contributed by atoms with E-state index in [1.165, 1.54) is 24.4 Å². The number of allylic oxidation sites excluding steroid dienone is 1. The average Bonchev–Trinajstić information content (AvgIpc) is 2.84. The van der Waals surface area contributed by atoms with E-state index >= 15 is 0 Å². The van der Waals surface area contributed by atoms with Gasteiger partial charge in [0.25, 0.3) is 0 Å². The van der Waals surface area contributed by atoms with Gasteiger partial charge >= 0.3 is 0 Å². The Bertz CT molecular complexity index is 1320. The molecule has 9 heteroatoms. The zero-order chi connectivity index (χ0) is 25.6. The molecule has 0 aliphatic carbocycles. The van der Waals surface area contributed by atoms with Gasteiger partial charge in [-0.15, -0.1) is 0 Å². The molecule has 0 aliphatic heterocycles. The lowest BCUT2D eigenvalue weighted by atomic mass is 10.1. The summed E-state index contributed by atoms with van der Waals surface area (Å²) < 4.78 is 24.7. The van der Waals surface area contributed by atoms with Gasteiger partial charge in [0.15, 0.2) is 21.3 Å². The molecule has 0 bridgehead atoms. The van der Waals surface area contributed by atoms with Gasteiger partial charge in [-0.3, -0.25) is 4.79 Å². The van der Waals surface area contributed by atoms with Crippen LogP contribution in [0, 0.1) is 0 Å². The predicted octanol–water partition coefficient (Wildman–Crippen LogP) is 3.59. The van der Waals surface area contributed by atoms with E-state index in [1.54, 1.807) is 26.0 Å². The Morgan fingerprint density at radius 2 is 1.74 bits per heavy atom. The number of carbonyl (C=O) groups is 1. The molecule has 8 nitrogen and oxygen atoms in total. The van der Waals surface area contributed by atoms with Gasteiger partial charge in [-0.05, 0) is 50.1 Å². The van der Waals surface area contributed by atoms with Crippen molar-refractivity contribution in [3.8, 4) is 11.3 Å². The Hall–Kier alpha value is -3.56. The fraction of sp³-hybridized carbons (Fsp3) is 0.269. The van der Waals surface area contributed by atoms with E-state index in [2.05, 4.69) is 22.2 Å². The summed E-state index contributed by atoms with van der Waals surface area (Å²) in [5.41, 5.74) is 15.2. The van der Waals surface area contributed by atoms with Gasteiger partial charge in [-0.2, -0.15) is 0 Å². The first-order chi connectivity index (χ1) is 16.6. The molecule has 0 spiro atoms. The molecule has 0 atom stereocenters. The topological polar surface area (TPSA) is 141 Å². The molecule has 5 N–H and O–H groups in total. The quantitative estimate of drug-likeness (QED) is 0.221. The molecule has 0 radical (unpaired) electrons. The summed E-state index contributed by atoms with van der Waals surface area (Å²) in [6.07, 6.45) is 3.79. The predicted molar refractivity (Wildman–Crippen MR) is 139 cm³/mol. The van der Waals surface area contributed by atoms with Crippen LogP contribution in [0.25, 0.3) is 17.0 Å². The number of ketones is 1. The van der Waals surface area contributed by atoms with Crippen molar-refractivity contribution in [2.24, 2.45) is 5.73 Å². The molecule has 1 heterocycles. The highest BCUT2D eigenvalue weighted by molar-refractivity contribution is 7.92. The van der Waals surface area contributed by atoms with Crippen molar-refractivity contribution >= 4 is 27.1 Å². The molecule has 184 valence electrons. The first kappa shape index (κ1) is 26.1. The minimum atomic E-state index is -3.39. The molecule has 0 saturated carbocycles. The number of nitrogens with two attached hydrogens (primary N) is 2. The smallest absolute Gasteiger partial charge is 0.210 e. The van der Waals surface area contributed by atoms with Gasteiger partial charge in [-0.25, -0.2) is 18.4 Å². The molecule has 0 unspecified atom stereocenters. The van der Waals surface area contributed by atoms with E-state index in [9.17, 15) is 13.2 Å². The van der Waals surface area contributed by atoms with E-state index < -0.39 is 20.9 Å². The lowest BCUT2D eigenvalue weighted by Gasteiger charge is -2.09. The van der Waals surface area contributed by atoms with Gasteiger partial charge in [0.05, 0.1) is 22.0 Å². The highest BCUT2D eigenvalue weighted by atomic mass is 32.2. The van der Waals surface area contributed by atoms with Crippen molar-refractivity contribution in [3.05, 3.63) is 77.6 Å². The summed E-state index contributed by atoms with van der Waals surface area (Å²) in [7, 11) is -3.39. The molecule has 3 aromatic rings. The highest BCUT2D eigenvalue weighted by Gasteiger charge is 2.19. The summed E-state index contributed by atoms with van der Waals surface area (Å²) in [5.74, 6) is -0.485. The molecular weight excluding hydrogens is 462 g/mol. The van der Waals surface area contributed by atoms with Gasteiger partial charge in [0, 0.05) is 23.9 Å². The number of anilines is 1. The van der Waals surface area contributed by atoms with Crippen LogP contribution in [0.1, 0.15) is 48.8 Å². The number of aromatic nitrogens is 2. The zero-order valence-corrected chi connectivity index (χ0v) is 21.0. The first-order valence-corrected chi connectivity index (χ1v) is 13.0. The second kappa shape index (κ2) is 11.2. The third-order valence-corrected chi connectivity index (χ3v) is 7.63. The van der Waals surface area contributed by atoms with Crippen LogP contribution in [0.15, 0.2) is 65.7 Å². The Balaban J connectivity index is 1.81. The second-order valence-corrected chi connectivity index (χ2v) is 10.9. The number of hydrogen-bond acceptors (Lipinski definition) is 8. The Kier molecular flexibility index (Phi) is 8.37. The van der Waals surface area contributed by atoms with Crippen LogP contribution < -0.4 is 16.8 Å². The number of carbonyl (C=O) groups excluding carboxylic acids is 1. The van der Waals surface area contributed by atoms with Crippen LogP contribution in [0.2, 0.25) is 0 Å². The number of nitrogens with zero attached hydrogens (tertiary/aromatic N) is 2. The van der Waals surface area contributed by atoms with Crippen molar-refractivity contribution in [2.75, 3.05) is 12.3 Å². The lowest BCUT2D eigenvalue weighted by Crippen LogP contribution is -2.14. The first-order valence-electron chi connectivity index (χ1n) is 11.4. The van der Waals surface area contributed by atoms with Crippen LogP contribution in [0.4, 0.5) is 5.82 Å². The summed E-state index contributed by atoms with van der Waals surface area (Å²) in [6, 6.07) is 13.9. The summed E-state index contributed by atoms with van der Waals surface area (Å²) in [5, 5.41) is 2.81. The largest absolute Gasteiger partial charge is 0.398 e. The number of rotatable bonds is 10. The third kappa shape index (κ3) is 6.32. The number of benzene rings is 2. The van der Waals surface area contributed by atoms with Crippen molar-refractivity contribution in [1.82, 2.24) is 15.3 Å². The van der Waals surface area contributed by atoms with Gasteiger partial charge in [-0.1, -0.05) is 43.3 Å². The molecule has 0 fully saturated rings.